The van der Waals surface area contributed by atoms with Gasteiger partial charge in [0, 0.05) is 0 Å². The highest BCUT2D eigenvalue weighted by Crippen LogP contribution is 2.16. The Hall–Kier alpha value is -0.770. The maximum atomic E-state index is 10.7. The summed E-state index contributed by atoms with van der Waals surface area (Å²) in [5.74, 6) is 0. The van der Waals surface area contributed by atoms with E-state index in [1.54, 1.807) is 0 Å². The van der Waals surface area contributed by atoms with Gasteiger partial charge in [-0.2, -0.15) is 0 Å². The van der Waals surface area contributed by atoms with E-state index in [9.17, 15) is 4.79 Å². The second-order valence-corrected chi connectivity index (χ2v) is 2.47. The van der Waals surface area contributed by atoms with Crippen LogP contribution in [0, 0.1) is 0 Å². The number of aromatic nitrogens is 1. The molecule has 0 spiro atoms. The van der Waals surface area contributed by atoms with Crippen LogP contribution in [-0.2, 0) is 6.42 Å². The standard InChI is InChI=1S/C5H7NO2S/c1-2-3-4(7)6-9-5(3)8/h8H,2H2,1H3,(H,6,7). The normalized spacial score (nSPS) is 9.89. The molecule has 0 bridgehead atoms. The van der Waals surface area contributed by atoms with E-state index in [4.69, 9.17) is 5.11 Å². The third-order valence-corrected chi connectivity index (χ3v) is 1.85. The van der Waals surface area contributed by atoms with Crippen molar-refractivity contribution in [3.63, 3.8) is 0 Å². The number of rotatable bonds is 1. The molecule has 0 aliphatic rings. The Bertz CT molecular complexity index is 250. The minimum atomic E-state index is -0.167. The van der Waals surface area contributed by atoms with Gasteiger partial charge in [-0.25, -0.2) is 0 Å². The van der Waals surface area contributed by atoms with Crippen molar-refractivity contribution >= 4 is 11.5 Å². The second kappa shape index (κ2) is 2.23. The van der Waals surface area contributed by atoms with E-state index in [1.807, 2.05) is 6.92 Å². The van der Waals surface area contributed by atoms with Gasteiger partial charge in [-0.3, -0.25) is 9.17 Å². The van der Waals surface area contributed by atoms with Gasteiger partial charge in [0.25, 0.3) is 5.56 Å². The molecule has 0 unspecified atom stereocenters. The molecule has 4 heteroatoms. The highest BCUT2D eigenvalue weighted by molar-refractivity contribution is 7.07. The van der Waals surface area contributed by atoms with Crippen LogP contribution >= 0.6 is 11.5 Å². The average Bonchev–Trinajstić information content (AvgIpc) is 2.12. The molecule has 0 aliphatic carbocycles. The van der Waals surface area contributed by atoms with Crippen molar-refractivity contribution in [2.24, 2.45) is 0 Å². The Morgan fingerprint density at radius 1 is 1.78 bits per heavy atom. The summed E-state index contributed by atoms with van der Waals surface area (Å²) in [6.07, 6.45) is 0.588. The molecule has 0 amide bonds. The van der Waals surface area contributed by atoms with E-state index in [-0.39, 0.29) is 10.6 Å². The summed E-state index contributed by atoms with van der Waals surface area (Å²) in [7, 11) is 0. The summed E-state index contributed by atoms with van der Waals surface area (Å²) >= 11 is 0.974. The number of aromatic amines is 1. The third-order valence-electron chi connectivity index (χ3n) is 1.13. The van der Waals surface area contributed by atoms with E-state index < -0.39 is 0 Å². The second-order valence-electron chi connectivity index (χ2n) is 1.67. The lowest BCUT2D eigenvalue weighted by atomic mass is 10.3. The average molecular weight is 145 g/mol. The Labute approximate surface area is 56.1 Å². The topological polar surface area (TPSA) is 53.1 Å². The van der Waals surface area contributed by atoms with Gasteiger partial charge in [-0.15, -0.1) is 0 Å². The van der Waals surface area contributed by atoms with Crippen molar-refractivity contribution in [2.75, 3.05) is 0 Å². The van der Waals surface area contributed by atoms with Crippen molar-refractivity contribution in [2.45, 2.75) is 13.3 Å². The maximum absolute atomic E-state index is 10.7. The van der Waals surface area contributed by atoms with Crippen molar-refractivity contribution in [1.29, 1.82) is 0 Å². The van der Waals surface area contributed by atoms with Gasteiger partial charge in [0.15, 0.2) is 5.06 Å². The van der Waals surface area contributed by atoms with E-state index in [0.717, 1.165) is 11.5 Å². The maximum Gasteiger partial charge on any atom is 0.265 e. The van der Waals surface area contributed by atoms with Gasteiger partial charge in [0.2, 0.25) is 0 Å². The van der Waals surface area contributed by atoms with Crippen LogP contribution in [0.2, 0.25) is 0 Å². The molecule has 1 heterocycles. The third kappa shape index (κ3) is 0.977. The van der Waals surface area contributed by atoms with Gasteiger partial charge in [0.05, 0.1) is 5.56 Å². The lowest BCUT2D eigenvalue weighted by Crippen LogP contribution is -2.02. The Balaban J connectivity index is 3.23. The van der Waals surface area contributed by atoms with Crippen LogP contribution in [0.25, 0.3) is 0 Å². The first-order valence-corrected chi connectivity index (χ1v) is 3.46. The fourth-order valence-electron chi connectivity index (χ4n) is 0.627. The summed E-state index contributed by atoms with van der Waals surface area (Å²) in [4.78, 5) is 10.7. The first kappa shape index (κ1) is 6.35. The quantitative estimate of drug-likeness (QED) is 0.611. The Morgan fingerprint density at radius 2 is 2.44 bits per heavy atom. The molecule has 9 heavy (non-hydrogen) atoms. The molecule has 2 N–H and O–H groups in total. The Kier molecular flexibility index (Phi) is 1.57. The highest BCUT2D eigenvalue weighted by Gasteiger charge is 2.04. The van der Waals surface area contributed by atoms with Crippen LogP contribution in [0.3, 0.4) is 0 Å². The summed E-state index contributed by atoms with van der Waals surface area (Å²) in [6.45, 7) is 1.83. The highest BCUT2D eigenvalue weighted by atomic mass is 32.1. The van der Waals surface area contributed by atoms with Gasteiger partial charge >= 0.3 is 0 Å². The van der Waals surface area contributed by atoms with E-state index in [2.05, 4.69) is 4.37 Å². The molecule has 0 atom stereocenters. The first-order chi connectivity index (χ1) is 4.25. The van der Waals surface area contributed by atoms with Crippen LogP contribution in [0.15, 0.2) is 4.79 Å². The van der Waals surface area contributed by atoms with Crippen LogP contribution in [0.1, 0.15) is 12.5 Å². The summed E-state index contributed by atoms with van der Waals surface area (Å²) in [5, 5.41) is 9.03. The molecule has 0 radical (unpaired) electrons. The van der Waals surface area contributed by atoms with E-state index in [0.29, 0.717) is 12.0 Å². The molecule has 1 aromatic rings. The van der Waals surface area contributed by atoms with E-state index >= 15 is 0 Å². The molecule has 1 rings (SSSR count). The van der Waals surface area contributed by atoms with Gasteiger partial charge in [-0.1, -0.05) is 6.92 Å². The lowest BCUT2D eigenvalue weighted by Gasteiger charge is -1.83. The van der Waals surface area contributed by atoms with Crippen LogP contribution in [0.5, 0.6) is 5.06 Å². The van der Waals surface area contributed by atoms with Crippen LogP contribution in [-0.4, -0.2) is 9.48 Å². The Morgan fingerprint density at radius 3 is 2.67 bits per heavy atom. The smallest absolute Gasteiger partial charge is 0.265 e. The molecular weight excluding hydrogens is 138 g/mol. The molecule has 50 valence electrons. The number of aromatic hydroxyl groups is 1. The lowest BCUT2D eigenvalue weighted by molar-refractivity contribution is 0.484. The van der Waals surface area contributed by atoms with Crippen molar-refractivity contribution < 1.29 is 5.11 Å². The molecule has 0 saturated heterocycles. The van der Waals surface area contributed by atoms with Crippen molar-refractivity contribution in [3.8, 4) is 5.06 Å². The van der Waals surface area contributed by atoms with Gasteiger partial charge in [-0.05, 0) is 18.0 Å². The number of H-pyrrole nitrogens is 1. The van der Waals surface area contributed by atoms with Gasteiger partial charge < -0.3 is 5.11 Å². The summed E-state index contributed by atoms with van der Waals surface area (Å²) < 4.78 is 2.42. The first-order valence-electron chi connectivity index (χ1n) is 2.65. The predicted molar refractivity (Wildman–Crippen MR) is 36.0 cm³/mol. The minimum absolute atomic E-state index is 0.113. The van der Waals surface area contributed by atoms with Crippen LogP contribution in [0.4, 0.5) is 0 Å². The van der Waals surface area contributed by atoms with Crippen LogP contribution < -0.4 is 5.56 Å². The summed E-state index contributed by atoms with van der Waals surface area (Å²) in [5.41, 5.74) is 0.319. The number of hydrogen-bond donors (Lipinski definition) is 2. The summed E-state index contributed by atoms with van der Waals surface area (Å²) in [6, 6.07) is 0. The monoisotopic (exact) mass is 145 g/mol. The molecular formula is C5H7NO2S. The zero-order valence-electron chi connectivity index (χ0n) is 4.97. The molecule has 0 aliphatic heterocycles. The molecule has 0 aromatic carbocycles. The van der Waals surface area contributed by atoms with Crippen molar-refractivity contribution in [3.05, 3.63) is 15.9 Å². The zero-order chi connectivity index (χ0) is 6.85. The largest absolute Gasteiger partial charge is 0.498 e. The minimum Gasteiger partial charge on any atom is -0.498 e. The zero-order valence-corrected chi connectivity index (χ0v) is 5.79. The predicted octanol–water partition coefficient (Wildman–Crippen LogP) is 0.704. The molecule has 0 fully saturated rings. The molecule has 1 aromatic heterocycles. The SMILES string of the molecule is CCc1c(O)s[nH]c1=O. The fourth-order valence-corrected chi connectivity index (χ4v) is 1.30. The van der Waals surface area contributed by atoms with E-state index in [1.165, 1.54) is 0 Å². The number of hydrogen-bond acceptors (Lipinski definition) is 3. The van der Waals surface area contributed by atoms with Gasteiger partial charge in [0.1, 0.15) is 0 Å². The number of nitrogens with one attached hydrogen (secondary N) is 1. The fraction of sp³-hybridized carbons (Fsp3) is 0.400. The van der Waals surface area contributed by atoms with Crippen molar-refractivity contribution in [1.82, 2.24) is 4.37 Å². The molecule has 0 saturated carbocycles. The molecule has 3 nitrogen and oxygen atoms in total.